The van der Waals surface area contributed by atoms with Gasteiger partial charge in [-0.25, -0.2) is 0 Å². The van der Waals surface area contributed by atoms with Crippen LogP contribution in [0.4, 0.5) is 18.9 Å². The molecule has 3 nitrogen and oxygen atoms in total. The Hall–Kier alpha value is -1.63. The number of amides is 1. The van der Waals surface area contributed by atoms with Crippen molar-refractivity contribution in [3.05, 3.63) is 29.8 Å². The predicted octanol–water partition coefficient (Wildman–Crippen LogP) is 2.21. The van der Waals surface area contributed by atoms with Crippen LogP contribution in [-0.4, -0.2) is 17.1 Å². The summed E-state index contributed by atoms with van der Waals surface area (Å²) in [5, 5.41) is 2.12. The van der Waals surface area contributed by atoms with E-state index in [0.29, 0.717) is 5.56 Å². The highest BCUT2D eigenvalue weighted by molar-refractivity contribution is 7.80. The number of hydrogen-bond acceptors (Lipinski definition) is 2. The van der Waals surface area contributed by atoms with Crippen molar-refractivity contribution in [3.8, 4) is 0 Å². The van der Waals surface area contributed by atoms with Gasteiger partial charge in [-0.1, -0.05) is 12.2 Å². The Labute approximate surface area is 101 Å². The molecule has 0 saturated heterocycles. The second-order valence-corrected chi connectivity index (χ2v) is 3.72. The normalized spacial score (nSPS) is 11.0. The molecule has 0 aliphatic heterocycles. The molecule has 0 unspecified atom stereocenters. The quantitative estimate of drug-likeness (QED) is 0.821. The average Bonchev–Trinajstić information content (AvgIpc) is 2.15. The summed E-state index contributed by atoms with van der Waals surface area (Å²) in [4.78, 5) is 11.1. The topological polar surface area (TPSA) is 55.1 Å². The van der Waals surface area contributed by atoms with E-state index in [1.807, 2.05) is 0 Å². The highest BCUT2D eigenvalue weighted by Gasteiger charge is 2.31. The van der Waals surface area contributed by atoms with Crippen LogP contribution in [0.2, 0.25) is 0 Å². The zero-order chi connectivity index (χ0) is 13.1. The molecule has 1 aromatic carbocycles. The number of carbonyl (C=O) groups is 1. The van der Waals surface area contributed by atoms with Crippen LogP contribution >= 0.6 is 12.2 Å². The van der Waals surface area contributed by atoms with E-state index in [9.17, 15) is 18.0 Å². The third-order valence-electron chi connectivity index (χ3n) is 1.81. The molecule has 1 rings (SSSR count). The van der Waals surface area contributed by atoms with Crippen molar-refractivity contribution in [1.29, 1.82) is 0 Å². The number of thiocarbonyl (C=S) groups is 1. The van der Waals surface area contributed by atoms with Gasteiger partial charge in [0, 0.05) is 11.3 Å². The monoisotopic (exact) mass is 262 g/mol. The van der Waals surface area contributed by atoms with Crippen molar-refractivity contribution in [2.24, 2.45) is 5.73 Å². The first-order chi connectivity index (χ1) is 7.78. The summed E-state index contributed by atoms with van der Waals surface area (Å²) in [6.07, 6.45) is -6.02. The Bertz CT molecular complexity index is 428. The molecule has 0 radical (unpaired) electrons. The molecule has 0 aliphatic rings. The summed E-state index contributed by atoms with van der Waals surface area (Å²) in [6, 6.07) is 5.91. The van der Waals surface area contributed by atoms with Crippen LogP contribution in [-0.2, 0) is 4.79 Å². The number of anilines is 1. The minimum Gasteiger partial charge on any atom is -0.389 e. The standard InChI is InChI=1S/C10H9F3N2OS/c11-10(12,13)5-8(16)15-7-3-1-6(2-4-7)9(14)17/h1-4H,5H2,(H2,14,17)(H,15,16). The predicted molar refractivity (Wildman–Crippen MR) is 61.6 cm³/mol. The largest absolute Gasteiger partial charge is 0.397 e. The van der Waals surface area contributed by atoms with Gasteiger partial charge in [-0.3, -0.25) is 4.79 Å². The van der Waals surface area contributed by atoms with Crippen molar-refractivity contribution in [2.45, 2.75) is 12.6 Å². The molecule has 1 amide bonds. The van der Waals surface area contributed by atoms with Gasteiger partial charge in [-0.2, -0.15) is 13.2 Å². The zero-order valence-electron chi connectivity index (χ0n) is 8.54. The lowest BCUT2D eigenvalue weighted by atomic mass is 10.2. The van der Waals surface area contributed by atoms with Crippen molar-refractivity contribution in [1.82, 2.24) is 0 Å². The third kappa shape index (κ3) is 4.81. The molecule has 92 valence electrons. The lowest BCUT2D eigenvalue weighted by Gasteiger charge is -2.08. The van der Waals surface area contributed by atoms with Gasteiger partial charge in [-0.15, -0.1) is 0 Å². The van der Waals surface area contributed by atoms with Crippen LogP contribution in [0.1, 0.15) is 12.0 Å². The van der Waals surface area contributed by atoms with Gasteiger partial charge in [0.1, 0.15) is 11.4 Å². The molecule has 0 spiro atoms. The maximum absolute atomic E-state index is 11.9. The number of hydrogen-bond donors (Lipinski definition) is 2. The fourth-order valence-corrected chi connectivity index (χ4v) is 1.24. The molecule has 0 aliphatic carbocycles. The summed E-state index contributed by atoms with van der Waals surface area (Å²) in [6.45, 7) is 0. The third-order valence-corrected chi connectivity index (χ3v) is 2.05. The first kappa shape index (κ1) is 13.4. The summed E-state index contributed by atoms with van der Waals surface area (Å²) < 4.78 is 35.7. The average molecular weight is 262 g/mol. The van der Waals surface area contributed by atoms with E-state index in [0.717, 1.165) is 0 Å². The number of nitrogens with one attached hydrogen (secondary N) is 1. The van der Waals surface area contributed by atoms with E-state index in [4.69, 9.17) is 18.0 Å². The van der Waals surface area contributed by atoms with E-state index in [1.54, 1.807) is 0 Å². The first-order valence-corrected chi connectivity index (χ1v) is 4.95. The van der Waals surface area contributed by atoms with E-state index >= 15 is 0 Å². The van der Waals surface area contributed by atoms with Gasteiger partial charge in [0.15, 0.2) is 0 Å². The Morgan fingerprint density at radius 1 is 1.29 bits per heavy atom. The van der Waals surface area contributed by atoms with E-state index in [1.165, 1.54) is 24.3 Å². The number of halogens is 3. The van der Waals surface area contributed by atoms with Gasteiger partial charge < -0.3 is 11.1 Å². The molecule has 0 heterocycles. The Kier molecular flexibility index (Phi) is 4.06. The fourth-order valence-electron chi connectivity index (χ4n) is 1.11. The number of carbonyl (C=O) groups excluding carboxylic acids is 1. The van der Waals surface area contributed by atoms with Crippen LogP contribution in [0, 0.1) is 0 Å². The number of nitrogens with two attached hydrogens (primary N) is 1. The van der Waals surface area contributed by atoms with Gasteiger partial charge in [0.2, 0.25) is 5.91 Å². The summed E-state index contributed by atoms with van der Waals surface area (Å²) in [7, 11) is 0. The van der Waals surface area contributed by atoms with Crippen molar-refractivity contribution in [2.75, 3.05) is 5.32 Å². The van der Waals surface area contributed by atoms with Crippen LogP contribution in [0.15, 0.2) is 24.3 Å². The molecule has 7 heteroatoms. The van der Waals surface area contributed by atoms with Crippen LogP contribution in [0.25, 0.3) is 0 Å². The Morgan fingerprint density at radius 3 is 2.24 bits per heavy atom. The van der Waals surface area contributed by atoms with Gasteiger partial charge >= 0.3 is 6.18 Å². The van der Waals surface area contributed by atoms with Gasteiger partial charge in [0.25, 0.3) is 0 Å². The van der Waals surface area contributed by atoms with Crippen molar-refractivity contribution >= 4 is 28.8 Å². The Balaban J connectivity index is 2.64. The van der Waals surface area contributed by atoms with Crippen molar-refractivity contribution in [3.63, 3.8) is 0 Å². The molecule has 0 bridgehead atoms. The molecule has 0 aromatic heterocycles. The second-order valence-electron chi connectivity index (χ2n) is 3.28. The van der Waals surface area contributed by atoms with Crippen LogP contribution in [0.3, 0.4) is 0 Å². The van der Waals surface area contributed by atoms with E-state index in [-0.39, 0.29) is 10.7 Å². The molecule has 3 N–H and O–H groups in total. The first-order valence-electron chi connectivity index (χ1n) is 4.54. The smallest absolute Gasteiger partial charge is 0.389 e. The Morgan fingerprint density at radius 2 is 1.82 bits per heavy atom. The van der Waals surface area contributed by atoms with Gasteiger partial charge in [0.05, 0.1) is 0 Å². The zero-order valence-corrected chi connectivity index (χ0v) is 9.36. The van der Waals surface area contributed by atoms with Crippen molar-refractivity contribution < 1.29 is 18.0 Å². The minimum atomic E-state index is -4.51. The summed E-state index contributed by atoms with van der Waals surface area (Å²) >= 11 is 4.71. The maximum Gasteiger partial charge on any atom is 0.397 e. The lowest BCUT2D eigenvalue weighted by molar-refractivity contribution is -0.150. The molecular formula is C10H9F3N2OS. The maximum atomic E-state index is 11.9. The number of alkyl halides is 3. The summed E-state index contributed by atoms with van der Waals surface area (Å²) in [5.74, 6) is -1.11. The lowest BCUT2D eigenvalue weighted by Crippen LogP contribution is -2.21. The molecule has 1 aromatic rings. The highest BCUT2D eigenvalue weighted by Crippen LogP contribution is 2.20. The second kappa shape index (κ2) is 5.13. The highest BCUT2D eigenvalue weighted by atomic mass is 32.1. The molecule has 0 atom stereocenters. The SMILES string of the molecule is NC(=S)c1ccc(NC(=O)CC(F)(F)F)cc1. The number of rotatable bonds is 3. The molecule has 0 saturated carbocycles. The minimum absolute atomic E-state index is 0.179. The fraction of sp³-hybridized carbons (Fsp3) is 0.200. The van der Waals surface area contributed by atoms with Crippen LogP contribution in [0.5, 0.6) is 0 Å². The van der Waals surface area contributed by atoms with E-state index < -0.39 is 18.5 Å². The molecule has 0 fully saturated rings. The van der Waals surface area contributed by atoms with E-state index in [2.05, 4.69) is 5.32 Å². The van der Waals surface area contributed by atoms with Crippen LogP contribution < -0.4 is 11.1 Å². The molecular weight excluding hydrogens is 253 g/mol. The number of benzene rings is 1. The summed E-state index contributed by atoms with van der Waals surface area (Å²) in [5.41, 5.74) is 6.18. The molecule has 17 heavy (non-hydrogen) atoms. The van der Waals surface area contributed by atoms with Gasteiger partial charge in [-0.05, 0) is 24.3 Å².